The van der Waals surface area contributed by atoms with Gasteiger partial charge in [-0.15, -0.1) is 12.4 Å². The number of carbonyl (C=O) groups excluding carboxylic acids is 1. The van der Waals surface area contributed by atoms with Crippen LogP contribution in [0.25, 0.3) is 0 Å². The standard InChI is InChI=1S/C20H30N2O4S.ClH/c23-20(22-11-10-21-16-5-3-1-2-4-6-16)9-14-27(24)17-7-8-18-19(15-17)26-13-12-25-18;/h7-8,15-16,21H,1-6,9-14H2,(H,22,23);1H. The molecule has 0 saturated heterocycles. The van der Waals surface area contributed by atoms with Crippen LogP contribution in [0.1, 0.15) is 44.9 Å². The lowest BCUT2D eigenvalue weighted by Gasteiger charge is -2.18. The highest BCUT2D eigenvalue weighted by Gasteiger charge is 2.15. The normalized spacial score (nSPS) is 17.9. The van der Waals surface area contributed by atoms with Crippen molar-refractivity contribution < 1.29 is 18.5 Å². The molecule has 2 aliphatic rings. The second-order valence-electron chi connectivity index (χ2n) is 7.10. The fourth-order valence-electron chi connectivity index (χ4n) is 3.52. The second kappa shape index (κ2) is 12.3. The molecule has 1 aromatic carbocycles. The molecule has 1 aliphatic carbocycles. The molecule has 0 aromatic heterocycles. The van der Waals surface area contributed by atoms with Crippen molar-refractivity contribution in [3.8, 4) is 11.5 Å². The minimum absolute atomic E-state index is 0. The van der Waals surface area contributed by atoms with E-state index in [9.17, 15) is 9.00 Å². The average molecular weight is 431 g/mol. The highest BCUT2D eigenvalue weighted by molar-refractivity contribution is 7.85. The Morgan fingerprint density at radius 3 is 2.50 bits per heavy atom. The van der Waals surface area contributed by atoms with Crippen molar-refractivity contribution in [2.24, 2.45) is 0 Å². The Bertz CT molecular complexity index is 651. The number of carbonyl (C=O) groups is 1. The largest absolute Gasteiger partial charge is 0.486 e. The van der Waals surface area contributed by atoms with Gasteiger partial charge in [0.05, 0.1) is 10.8 Å². The molecular weight excluding hydrogens is 400 g/mol. The summed E-state index contributed by atoms with van der Waals surface area (Å²) in [6.45, 7) is 2.44. The molecule has 1 aromatic rings. The minimum Gasteiger partial charge on any atom is -0.486 e. The zero-order valence-corrected chi connectivity index (χ0v) is 17.9. The third kappa shape index (κ3) is 7.26. The number of hydrogen-bond acceptors (Lipinski definition) is 5. The minimum atomic E-state index is -1.23. The number of ether oxygens (including phenoxy) is 2. The Hall–Kier alpha value is -1.31. The highest BCUT2D eigenvalue weighted by Crippen LogP contribution is 2.31. The quantitative estimate of drug-likeness (QED) is 0.490. The summed E-state index contributed by atoms with van der Waals surface area (Å²) in [6, 6.07) is 5.89. The second-order valence-corrected chi connectivity index (χ2v) is 8.67. The van der Waals surface area contributed by atoms with E-state index in [2.05, 4.69) is 10.6 Å². The van der Waals surface area contributed by atoms with E-state index in [4.69, 9.17) is 9.47 Å². The van der Waals surface area contributed by atoms with E-state index >= 15 is 0 Å². The summed E-state index contributed by atoms with van der Waals surface area (Å²) in [4.78, 5) is 12.7. The molecule has 1 atom stereocenters. The van der Waals surface area contributed by atoms with Crippen LogP contribution < -0.4 is 20.1 Å². The van der Waals surface area contributed by atoms with E-state index in [1.807, 2.05) is 0 Å². The van der Waals surface area contributed by atoms with Crippen LogP contribution in [0.3, 0.4) is 0 Å². The lowest BCUT2D eigenvalue weighted by molar-refractivity contribution is -0.120. The maximum Gasteiger partial charge on any atom is 0.220 e. The molecule has 1 aliphatic heterocycles. The predicted molar refractivity (Wildman–Crippen MR) is 113 cm³/mol. The Morgan fingerprint density at radius 1 is 1.04 bits per heavy atom. The van der Waals surface area contributed by atoms with E-state index in [1.54, 1.807) is 18.2 Å². The first-order chi connectivity index (χ1) is 13.2. The number of halogens is 1. The molecule has 2 N–H and O–H groups in total. The zero-order valence-electron chi connectivity index (χ0n) is 16.2. The monoisotopic (exact) mass is 430 g/mol. The van der Waals surface area contributed by atoms with E-state index in [0.29, 0.717) is 47.9 Å². The number of rotatable bonds is 8. The van der Waals surface area contributed by atoms with Crippen molar-refractivity contribution in [2.45, 2.75) is 55.9 Å². The molecular formula is C20H31ClN2O4S. The summed E-state index contributed by atoms with van der Waals surface area (Å²) in [7, 11) is -1.23. The van der Waals surface area contributed by atoms with Gasteiger partial charge in [-0.05, 0) is 25.0 Å². The zero-order chi connectivity index (χ0) is 18.9. The van der Waals surface area contributed by atoms with Crippen molar-refractivity contribution in [1.82, 2.24) is 10.6 Å². The fraction of sp³-hybridized carbons (Fsp3) is 0.650. The summed E-state index contributed by atoms with van der Waals surface area (Å²) < 4.78 is 23.4. The van der Waals surface area contributed by atoms with Gasteiger partial charge in [0.2, 0.25) is 5.91 Å². The van der Waals surface area contributed by atoms with Gasteiger partial charge in [0.1, 0.15) is 13.2 Å². The molecule has 8 heteroatoms. The van der Waals surface area contributed by atoms with Gasteiger partial charge in [-0.25, -0.2) is 0 Å². The van der Waals surface area contributed by atoms with Gasteiger partial charge in [-0.3, -0.25) is 9.00 Å². The molecule has 158 valence electrons. The van der Waals surface area contributed by atoms with Crippen LogP contribution in [0, 0.1) is 0 Å². The van der Waals surface area contributed by atoms with Crippen molar-refractivity contribution >= 4 is 29.1 Å². The Kier molecular flexibility index (Phi) is 10.1. The van der Waals surface area contributed by atoms with E-state index in [1.165, 1.54) is 38.5 Å². The van der Waals surface area contributed by atoms with Crippen LogP contribution in [0.4, 0.5) is 0 Å². The summed E-state index contributed by atoms with van der Waals surface area (Å²) in [5.41, 5.74) is 0. The first kappa shape index (κ1) is 23.0. The molecule has 1 amide bonds. The third-order valence-corrected chi connectivity index (χ3v) is 6.38. The molecule has 0 spiro atoms. The summed E-state index contributed by atoms with van der Waals surface area (Å²) in [6.07, 6.45) is 8.02. The summed E-state index contributed by atoms with van der Waals surface area (Å²) >= 11 is 0. The number of fused-ring (bicyclic) bond motifs is 1. The van der Waals surface area contributed by atoms with E-state index in [0.717, 1.165) is 6.54 Å². The number of benzene rings is 1. The van der Waals surface area contributed by atoms with Crippen LogP contribution in [0.15, 0.2) is 23.1 Å². The number of nitrogens with one attached hydrogen (secondary N) is 2. The highest BCUT2D eigenvalue weighted by atomic mass is 35.5. The van der Waals surface area contributed by atoms with Crippen molar-refractivity contribution in [2.75, 3.05) is 32.1 Å². The van der Waals surface area contributed by atoms with Gasteiger partial charge in [-0.1, -0.05) is 25.7 Å². The topological polar surface area (TPSA) is 76.7 Å². The Balaban J connectivity index is 0.00000280. The fourth-order valence-corrected chi connectivity index (χ4v) is 4.58. The molecule has 0 bridgehead atoms. The summed E-state index contributed by atoms with van der Waals surface area (Å²) in [5, 5.41) is 6.45. The van der Waals surface area contributed by atoms with Crippen LogP contribution in [-0.2, 0) is 15.6 Å². The maximum atomic E-state index is 12.4. The van der Waals surface area contributed by atoms with E-state index in [-0.39, 0.29) is 24.7 Å². The molecule has 6 nitrogen and oxygen atoms in total. The lowest BCUT2D eigenvalue weighted by atomic mass is 10.1. The van der Waals surface area contributed by atoms with Gasteiger partial charge in [0, 0.05) is 42.3 Å². The first-order valence-electron chi connectivity index (χ1n) is 10.0. The van der Waals surface area contributed by atoms with Crippen LogP contribution in [-0.4, -0.2) is 48.2 Å². The van der Waals surface area contributed by atoms with Gasteiger partial charge in [-0.2, -0.15) is 0 Å². The van der Waals surface area contributed by atoms with Crippen molar-refractivity contribution in [3.63, 3.8) is 0 Å². The maximum absolute atomic E-state index is 12.4. The molecule has 1 heterocycles. The Morgan fingerprint density at radius 2 is 1.75 bits per heavy atom. The summed E-state index contributed by atoms with van der Waals surface area (Å²) in [5.74, 6) is 1.56. The Labute approximate surface area is 176 Å². The molecule has 0 radical (unpaired) electrons. The lowest BCUT2D eigenvalue weighted by Crippen LogP contribution is -2.37. The number of amides is 1. The number of hydrogen-bond donors (Lipinski definition) is 2. The predicted octanol–water partition coefficient (Wildman–Crippen LogP) is 2.81. The molecule has 1 unspecified atom stereocenters. The average Bonchev–Trinajstić information content (AvgIpc) is 2.98. The van der Waals surface area contributed by atoms with Crippen molar-refractivity contribution in [3.05, 3.63) is 18.2 Å². The molecule has 28 heavy (non-hydrogen) atoms. The van der Waals surface area contributed by atoms with Crippen LogP contribution >= 0.6 is 12.4 Å². The van der Waals surface area contributed by atoms with Crippen LogP contribution in [0.5, 0.6) is 11.5 Å². The van der Waals surface area contributed by atoms with Gasteiger partial charge in [0.25, 0.3) is 0 Å². The van der Waals surface area contributed by atoms with E-state index < -0.39 is 10.8 Å². The van der Waals surface area contributed by atoms with Crippen LogP contribution in [0.2, 0.25) is 0 Å². The molecule has 1 saturated carbocycles. The third-order valence-electron chi connectivity index (χ3n) is 5.03. The van der Waals surface area contributed by atoms with Gasteiger partial charge >= 0.3 is 0 Å². The van der Waals surface area contributed by atoms with Gasteiger partial charge < -0.3 is 20.1 Å². The first-order valence-corrected chi connectivity index (χ1v) is 11.3. The van der Waals surface area contributed by atoms with Gasteiger partial charge in [0.15, 0.2) is 11.5 Å². The smallest absolute Gasteiger partial charge is 0.220 e. The van der Waals surface area contributed by atoms with Crippen molar-refractivity contribution in [1.29, 1.82) is 0 Å². The molecule has 3 rings (SSSR count). The SMILES string of the molecule is Cl.O=C(CCS(=O)c1ccc2c(c1)OCCO2)NCCNC1CCCCCC1. The molecule has 1 fully saturated rings.